The Balaban J connectivity index is 2.45. The van der Waals surface area contributed by atoms with Gasteiger partial charge in [0, 0.05) is 25.4 Å². The predicted molar refractivity (Wildman–Crippen MR) is 67.5 cm³/mol. The number of hydrogen-bond acceptors (Lipinski definition) is 4. The Morgan fingerprint density at radius 1 is 1.53 bits per heavy atom. The van der Waals surface area contributed by atoms with Crippen molar-refractivity contribution in [2.24, 2.45) is 5.92 Å². The van der Waals surface area contributed by atoms with Crippen molar-refractivity contribution in [1.29, 1.82) is 0 Å². The van der Waals surface area contributed by atoms with Gasteiger partial charge in [0.2, 0.25) is 5.91 Å². The van der Waals surface area contributed by atoms with Crippen LogP contribution in [0.1, 0.15) is 19.8 Å². The highest BCUT2D eigenvalue weighted by atomic mass is 16.4. The van der Waals surface area contributed by atoms with Gasteiger partial charge in [-0.15, -0.1) is 0 Å². The molecule has 0 aliphatic heterocycles. The average Bonchev–Trinajstić information content (AvgIpc) is 2.37. The Hall–Kier alpha value is -2.18. The summed E-state index contributed by atoms with van der Waals surface area (Å²) in [5.41, 5.74) is -0.491. The maximum Gasteiger partial charge on any atom is 0.347 e. The number of rotatable bonds is 7. The third kappa shape index (κ3) is 5.33. The maximum absolute atomic E-state index is 11.6. The van der Waals surface area contributed by atoms with E-state index in [9.17, 15) is 14.4 Å². The van der Waals surface area contributed by atoms with Crippen molar-refractivity contribution in [1.82, 2.24) is 14.9 Å². The van der Waals surface area contributed by atoms with Gasteiger partial charge >= 0.3 is 11.7 Å². The van der Waals surface area contributed by atoms with E-state index in [0.29, 0.717) is 6.42 Å². The zero-order valence-corrected chi connectivity index (χ0v) is 10.7. The summed E-state index contributed by atoms with van der Waals surface area (Å²) in [6, 6.07) is 1.56. The molecule has 0 saturated heterocycles. The molecule has 0 spiro atoms. The molecule has 0 fully saturated rings. The summed E-state index contributed by atoms with van der Waals surface area (Å²) < 4.78 is 1.19. The Labute approximate surface area is 110 Å². The van der Waals surface area contributed by atoms with Crippen molar-refractivity contribution in [3.8, 4) is 0 Å². The zero-order chi connectivity index (χ0) is 14.3. The Morgan fingerprint density at radius 2 is 2.26 bits per heavy atom. The lowest BCUT2D eigenvalue weighted by Crippen LogP contribution is -2.35. The molecule has 19 heavy (non-hydrogen) atoms. The van der Waals surface area contributed by atoms with Crippen LogP contribution in [0, 0.1) is 5.92 Å². The van der Waals surface area contributed by atoms with E-state index in [1.807, 2.05) is 6.92 Å². The zero-order valence-electron chi connectivity index (χ0n) is 10.7. The van der Waals surface area contributed by atoms with E-state index in [1.54, 1.807) is 6.07 Å². The molecule has 0 saturated carbocycles. The number of nitrogens with one attached hydrogen (secondary N) is 1. The first kappa shape index (κ1) is 14.9. The number of aliphatic carboxylic acids is 1. The molecule has 1 atom stereocenters. The topological polar surface area (TPSA) is 101 Å². The highest BCUT2D eigenvalue weighted by molar-refractivity contribution is 5.75. The predicted octanol–water partition coefficient (Wildman–Crippen LogP) is -0.140. The quantitative estimate of drug-likeness (QED) is 0.716. The van der Waals surface area contributed by atoms with E-state index in [4.69, 9.17) is 5.11 Å². The molecular formula is C12H17N3O4. The van der Waals surface area contributed by atoms with Crippen LogP contribution in [-0.2, 0) is 16.1 Å². The van der Waals surface area contributed by atoms with E-state index in [0.717, 1.165) is 0 Å². The molecule has 0 aromatic carbocycles. The summed E-state index contributed by atoms with van der Waals surface area (Å²) in [6.07, 6.45) is 3.52. The van der Waals surface area contributed by atoms with Crippen molar-refractivity contribution in [2.45, 2.75) is 26.3 Å². The molecule has 1 aromatic heterocycles. The highest BCUT2D eigenvalue weighted by Crippen LogP contribution is 2.06. The van der Waals surface area contributed by atoms with Crippen molar-refractivity contribution in [3.63, 3.8) is 0 Å². The number of carboxylic acids is 1. The second kappa shape index (κ2) is 7.30. The van der Waals surface area contributed by atoms with Crippen LogP contribution >= 0.6 is 0 Å². The molecule has 7 heteroatoms. The lowest BCUT2D eigenvalue weighted by atomic mass is 10.0. The highest BCUT2D eigenvalue weighted by Gasteiger charge is 2.12. The Morgan fingerprint density at radius 3 is 2.84 bits per heavy atom. The van der Waals surface area contributed by atoms with Crippen LogP contribution in [0.2, 0.25) is 0 Å². The molecule has 2 N–H and O–H groups in total. The van der Waals surface area contributed by atoms with Gasteiger partial charge < -0.3 is 10.4 Å². The Bertz CT molecular complexity index is 498. The molecule has 7 nitrogen and oxygen atoms in total. The monoisotopic (exact) mass is 267 g/mol. The number of carboxylic acid groups (broad SMARTS) is 1. The SMILES string of the molecule is CCC(CNC(=O)Cn1cccnc1=O)CC(=O)O. The Kier molecular flexibility index (Phi) is 5.72. The fourth-order valence-electron chi connectivity index (χ4n) is 1.58. The lowest BCUT2D eigenvalue weighted by molar-refractivity contribution is -0.138. The van der Waals surface area contributed by atoms with E-state index < -0.39 is 11.7 Å². The van der Waals surface area contributed by atoms with Crippen LogP contribution in [0.15, 0.2) is 23.3 Å². The number of nitrogens with zero attached hydrogens (tertiary/aromatic N) is 2. The second-order valence-corrected chi connectivity index (χ2v) is 4.21. The minimum Gasteiger partial charge on any atom is -0.481 e. The first-order valence-corrected chi connectivity index (χ1v) is 6.02. The first-order chi connectivity index (χ1) is 9.02. The van der Waals surface area contributed by atoms with E-state index in [1.165, 1.54) is 17.0 Å². The summed E-state index contributed by atoms with van der Waals surface area (Å²) in [7, 11) is 0. The van der Waals surface area contributed by atoms with Crippen LogP contribution in [0.5, 0.6) is 0 Å². The third-order valence-electron chi connectivity index (χ3n) is 2.73. The smallest absolute Gasteiger partial charge is 0.347 e. The maximum atomic E-state index is 11.6. The third-order valence-corrected chi connectivity index (χ3v) is 2.73. The standard InChI is InChI=1S/C12H17N3O4/c1-2-9(6-11(17)18)7-14-10(16)8-15-5-3-4-13-12(15)19/h3-5,9H,2,6-8H2,1H3,(H,14,16)(H,17,18). The number of carbonyl (C=O) groups is 2. The molecular weight excluding hydrogens is 250 g/mol. The van der Waals surface area contributed by atoms with Gasteiger partial charge in [-0.25, -0.2) is 9.78 Å². The minimum absolute atomic E-state index is 0.0175. The molecule has 104 valence electrons. The van der Waals surface area contributed by atoms with Crippen LogP contribution in [0.25, 0.3) is 0 Å². The minimum atomic E-state index is -0.885. The largest absolute Gasteiger partial charge is 0.481 e. The molecule has 1 rings (SSSR count). The normalized spacial score (nSPS) is 11.8. The van der Waals surface area contributed by atoms with Crippen molar-refractivity contribution in [2.75, 3.05) is 6.54 Å². The van der Waals surface area contributed by atoms with Gasteiger partial charge in [0.05, 0.1) is 0 Å². The van der Waals surface area contributed by atoms with Crippen molar-refractivity contribution >= 4 is 11.9 Å². The molecule has 0 bridgehead atoms. The summed E-state index contributed by atoms with van der Waals surface area (Å²) in [5, 5.41) is 11.3. The molecule has 0 radical (unpaired) electrons. The number of hydrogen-bond donors (Lipinski definition) is 2. The van der Waals surface area contributed by atoms with Gasteiger partial charge in [-0.1, -0.05) is 13.3 Å². The van der Waals surface area contributed by atoms with Gasteiger partial charge in [-0.3, -0.25) is 14.2 Å². The van der Waals surface area contributed by atoms with Gasteiger partial charge in [-0.05, 0) is 12.0 Å². The molecule has 1 aromatic rings. The summed E-state index contributed by atoms with van der Waals surface area (Å²) in [4.78, 5) is 37.0. The van der Waals surface area contributed by atoms with Crippen molar-refractivity contribution in [3.05, 3.63) is 28.9 Å². The molecule has 1 unspecified atom stereocenters. The van der Waals surface area contributed by atoms with Gasteiger partial charge in [0.25, 0.3) is 0 Å². The first-order valence-electron chi connectivity index (χ1n) is 6.02. The molecule has 0 aliphatic carbocycles. The van der Waals surface area contributed by atoms with Crippen LogP contribution in [0.3, 0.4) is 0 Å². The number of amides is 1. The van der Waals surface area contributed by atoms with E-state index in [-0.39, 0.29) is 31.3 Å². The van der Waals surface area contributed by atoms with E-state index in [2.05, 4.69) is 10.3 Å². The van der Waals surface area contributed by atoms with Gasteiger partial charge in [0.1, 0.15) is 6.54 Å². The van der Waals surface area contributed by atoms with Crippen molar-refractivity contribution < 1.29 is 14.7 Å². The fourth-order valence-corrected chi connectivity index (χ4v) is 1.58. The molecule has 1 amide bonds. The van der Waals surface area contributed by atoms with Crippen LogP contribution in [-0.4, -0.2) is 33.1 Å². The van der Waals surface area contributed by atoms with Gasteiger partial charge in [0.15, 0.2) is 0 Å². The summed E-state index contributed by atoms with van der Waals surface area (Å²) in [5.74, 6) is -1.32. The van der Waals surface area contributed by atoms with E-state index >= 15 is 0 Å². The molecule has 0 aliphatic rings. The average molecular weight is 267 g/mol. The van der Waals surface area contributed by atoms with Crippen LogP contribution < -0.4 is 11.0 Å². The second-order valence-electron chi connectivity index (χ2n) is 4.21. The summed E-state index contributed by atoms with van der Waals surface area (Å²) in [6.45, 7) is 2.04. The molecule has 1 heterocycles. The number of carbonyl (C=O) groups excluding carboxylic acids is 1. The van der Waals surface area contributed by atoms with Crippen LogP contribution in [0.4, 0.5) is 0 Å². The fraction of sp³-hybridized carbons (Fsp3) is 0.500. The van der Waals surface area contributed by atoms with Gasteiger partial charge in [-0.2, -0.15) is 0 Å². The lowest BCUT2D eigenvalue weighted by Gasteiger charge is -2.13. The number of aromatic nitrogens is 2. The summed E-state index contributed by atoms with van der Waals surface area (Å²) >= 11 is 0.